The maximum atomic E-state index is 12.1. The summed E-state index contributed by atoms with van der Waals surface area (Å²) < 4.78 is 5.11. The molecule has 114 valence electrons. The normalized spacial score (nSPS) is 11.1. The van der Waals surface area contributed by atoms with Crippen LogP contribution in [0.1, 0.15) is 10.6 Å². The van der Waals surface area contributed by atoms with Crippen LogP contribution in [0.25, 0.3) is 11.0 Å². The average Bonchev–Trinajstić information content (AvgIpc) is 2.55. The summed E-state index contributed by atoms with van der Waals surface area (Å²) >= 11 is 0. The molecule has 7 heteroatoms. The van der Waals surface area contributed by atoms with Crippen LogP contribution >= 0.6 is 0 Å². The second kappa shape index (κ2) is 5.72. The van der Waals surface area contributed by atoms with E-state index in [1.807, 2.05) is 0 Å². The molecule has 0 spiro atoms. The molecule has 0 radical (unpaired) electrons. The van der Waals surface area contributed by atoms with Crippen molar-refractivity contribution in [1.29, 1.82) is 0 Å². The van der Waals surface area contributed by atoms with Gasteiger partial charge in [0.1, 0.15) is 5.58 Å². The first-order valence-electron chi connectivity index (χ1n) is 6.54. The summed E-state index contributed by atoms with van der Waals surface area (Å²) in [5, 5.41) is 28.5. The number of rotatable bonds is 3. The number of carboxylic acid groups (broad SMARTS) is 1. The number of hydrogen-bond donors (Lipinski definition) is 1. The summed E-state index contributed by atoms with van der Waals surface area (Å²) in [7, 11) is 0. The molecule has 0 bridgehead atoms. The molecule has 0 aliphatic rings. The van der Waals surface area contributed by atoms with Crippen molar-refractivity contribution < 1.29 is 19.4 Å². The average molecular weight is 309 g/mol. The lowest BCUT2D eigenvalue weighted by Gasteiger charge is -2.10. The van der Waals surface area contributed by atoms with Gasteiger partial charge in [-0.25, -0.2) is 4.79 Å². The van der Waals surface area contributed by atoms with Crippen molar-refractivity contribution in [2.24, 2.45) is 10.2 Å². The van der Waals surface area contributed by atoms with E-state index in [0.29, 0.717) is 5.69 Å². The third-order valence-corrected chi connectivity index (χ3v) is 3.06. The molecular weight excluding hydrogens is 300 g/mol. The zero-order valence-corrected chi connectivity index (χ0v) is 11.6. The Morgan fingerprint density at radius 1 is 1.09 bits per heavy atom. The number of hydrogen-bond acceptors (Lipinski definition) is 6. The minimum Gasteiger partial charge on any atom is -0.871 e. The molecule has 1 N–H and O–H groups in total. The number of carboxylic acids is 1. The highest BCUT2D eigenvalue weighted by Crippen LogP contribution is 2.32. The molecular formula is C16H9N2O5-. The highest BCUT2D eigenvalue weighted by Gasteiger charge is 2.13. The van der Waals surface area contributed by atoms with Crippen molar-refractivity contribution in [2.45, 2.75) is 0 Å². The highest BCUT2D eigenvalue weighted by atomic mass is 16.4. The van der Waals surface area contributed by atoms with E-state index < -0.39 is 22.9 Å². The van der Waals surface area contributed by atoms with E-state index in [9.17, 15) is 14.7 Å². The number of azo groups is 1. The van der Waals surface area contributed by atoms with E-state index >= 15 is 0 Å². The summed E-state index contributed by atoms with van der Waals surface area (Å²) in [6, 6.07) is 11.9. The summed E-state index contributed by atoms with van der Waals surface area (Å²) in [5.74, 6) is -2.39. The van der Waals surface area contributed by atoms with Gasteiger partial charge in [0.05, 0.1) is 16.8 Å². The molecule has 0 saturated heterocycles. The van der Waals surface area contributed by atoms with Crippen molar-refractivity contribution >= 4 is 28.3 Å². The Labute approximate surface area is 129 Å². The quantitative estimate of drug-likeness (QED) is 0.747. The summed E-state index contributed by atoms with van der Waals surface area (Å²) in [6.45, 7) is 0. The van der Waals surface area contributed by atoms with Gasteiger partial charge >= 0.3 is 5.97 Å². The second-order valence-electron chi connectivity index (χ2n) is 4.60. The first-order chi connectivity index (χ1) is 11.1. The maximum absolute atomic E-state index is 12.1. The lowest BCUT2D eigenvalue weighted by molar-refractivity contribution is -0.267. The SMILES string of the molecule is O=C(O)c1cc(=O)c2c(N=Nc3ccccc3)c([O-])ccc2o1. The molecule has 0 aliphatic carbocycles. The lowest BCUT2D eigenvalue weighted by atomic mass is 10.1. The van der Waals surface area contributed by atoms with E-state index in [0.717, 1.165) is 12.1 Å². The molecule has 1 heterocycles. The van der Waals surface area contributed by atoms with Crippen molar-refractivity contribution in [2.75, 3.05) is 0 Å². The summed E-state index contributed by atoms with van der Waals surface area (Å²) in [4.78, 5) is 23.0. The van der Waals surface area contributed by atoms with Crippen molar-refractivity contribution in [3.05, 3.63) is 64.5 Å². The van der Waals surface area contributed by atoms with Gasteiger partial charge in [0, 0.05) is 6.07 Å². The third kappa shape index (κ3) is 2.80. The zero-order chi connectivity index (χ0) is 16.4. The molecule has 0 aliphatic heterocycles. The molecule has 0 fully saturated rings. The molecule has 7 nitrogen and oxygen atoms in total. The zero-order valence-electron chi connectivity index (χ0n) is 11.6. The van der Waals surface area contributed by atoms with Crippen LogP contribution in [0, 0.1) is 0 Å². The first-order valence-corrected chi connectivity index (χ1v) is 6.54. The van der Waals surface area contributed by atoms with Crippen LogP contribution in [-0.2, 0) is 0 Å². The van der Waals surface area contributed by atoms with Crippen LogP contribution < -0.4 is 10.5 Å². The van der Waals surface area contributed by atoms with Crippen LogP contribution in [-0.4, -0.2) is 11.1 Å². The minimum atomic E-state index is -1.37. The molecule has 0 saturated carbocycles. The van der Waals surface area contributed by atoms with E-state index in [1.165, 1.54) is 6.07 Å². The van der Waals surface area contributed by atoms with Crippen LogP contribution in [0.15, 0.2) is 68.0 Å². The number of nitrogens with zero attached hydrogens (tertiary/aromatic N) is 2. The van der Waals surface area contributed by atoms with E-state index in [2.05, 4.69) is 10.2 Å². The molecule has 1 aromatic heterocycles. The fraction of sp³-hybridized carbons (Fsp3) is 0. The fourth-order valence-corrected chi connectivity index (χ4v) is 2.02. The highest BCUT2D eigenvalue weighted by molar-refractivity contribution is 5.94. The van der Waals surface area contributed by atoms with Gasteiger partial charge in [0.2, 0.25) is 5.76 Å². The molecule has 0 unspecified atom stereocenters. The Kier molecular flexibility index (Phi) is 3.60. The van der Waals surface area contributed by atoms with Crippen LogP contribution in [0.3, 0.4) is 0 Å². The van der Waals surface area contributed by atoms with Gasteiger partial charge in [-0.2, -0.15) is 10.2 Å². The number of fused-ring (bicyclic) bond motifs is 1. The Morgan fingerprint density at radius 3 is 2.52 bits per heavy atom. The van der Waals surface area contributed by atoms with Crippen molar-refractivity contribution in [3.8, 4) is 5.75 Å². The largest absolute Gasteiger partial charge is 0.871 e. The van der Waals surface area contributed by atoms with Crippen LogP contribution in [0.4, 0.5) is 11.4 Å². The van der Waals surface area contributed by atoms with Gasteiger partial charge in [0.25, 0.3) is 0 Å². The van der Waals surface area contributed by atoms with Crippen LogP contribution in [0.5, 0.6) is 5.75 Å². The van der Waals surface area contributed by atoms with Crippen LogP contribution in [0.2, 0.25) is 0 Å². The molecule has 0 amide bonds. The van der Waals surface area contributed by atoms with Gasteiger partial charge in [-0.05, 0) is 18.2 Å². The Hall–Kier alpha value is -3.48. The summed E-state index contributed by atoms with van der Waals surface area (Å²) in [6.07, 6.45) is 0. The number of carbonyl (C=O) groups is 1. The smallest absolute Gasteiger partial charge is 0.371 e. The minimum absolute atomic E-state index is 0.0310. The van der Waals surface area contributed by atoms with E-state index in [-0.39, 0.29) is 16.7 Å². The van der Waals surface area contributed by atoms with Gasteiger partial charge in [-0.15, -0.1) is 0 Å². The molecule has 23 heavy (non-hydrogen) atoms. The predicted octanol–water partition coefficient (Wildman–Crippen LogP) is 2.98. The molecule has 0 atom stereocenters. The Balaban J connectivity index is 2.20. The van der Waals surface area contributed by atoms with Crippen molar-refractivity contribution in [3.63, 3.8) is 0 Å². The van der Waals surface area contributed by atoms with Gasteiger partial charge in [0.15, 0.2) is 5.43 Å². The van der Waals surface area contributed by atoms with E-state index in [1.54, 1.807) is 30.3 Å². The topological polar surface area (TPSA) is 115 Å². The van der Waals surface area contributed by atoms with Crippen molar-refractivity contribution in [1.82, 2.24) is 0 Å². The fourth-order valence-electron chi connectivity index (χ4n) is 2.02. The molecule has 3 aromatic rings. The molecule has 2 aromatic carbocycles. The number of benzene rings is 2. The second-order valence-corrected chi connectivity index (χ2v) is 4.60. The lowest BCUT2D eigenvalue weighted by Crippen LogP contribution is -2.07. The Bertz CT molecular complexity index is 977. The van der Waals surface area contributed by atoms with Gasteiger partial charge < -0.3 is 14.6 Å². The Morgan fingerprint density at radius 2 is 1.83 bits per heavy atom. The standard InChI is InChI=1S/C16H10N2O5/c19-10-6-7-12-14(11(20)8-13(23-12)16(21)22)15(10)18-17-9-4-2-1-3-5-9/h1-8,19H,(H,21,22)/p-1. The maximum Gasteiger partial charge on any atom is 0.371 e. The first kappa shape index (κ1) is 14.5. The van der Waals surface area contributed by atoms with Gasteiger partial charge in [-0.1, -0.05) is 30.0 Å². The van der Waals surface area contributed by atoms with Gasteiger partial charge in [-0.3, -0.25) is 4.79 Å². The summed E-state index contributed by atoms with van der Waals surface area (Å²) in [5.41, 5.74) is -0.368. The number of aromatic carboxylic acids is 1. The van der Waals surface area contributed by atoms with E-state index in [4.69, 9.17) is 9.52 Å². The molecule has 3 rings (SSSR count). The monoisotopic (exact) mass is 309 g/mol. The predicted molar refractivity (Wildman–Crippen MR) is 79.5 cm³/mol. The third-order valence-electron chi connectivity index (χ3n) is 3.06.